The normalized spacial score (nSPS) is 10.7. The van der Waals surface area contributed by atoms with Crippen LogP contribution in [0.3, 0.4) is 0 Å². The Morgan fingerprint density at radius 1 is 0.944 bits per heavy atom. The first kappa shape index (κ1) is 11.0. The van der Waals surface area contributed by atoms with Crippen LogP contribution >= 0.6 is 11.6 Å². The molecule has 3 aromatic rings. The van der Waals surface area contributed by atoms with E-state index in [1.54, 1.807) is 12.1 Å². The van der Waals surface area contributed by atoms with Gasteiger partial charge in [-0.15, -0.1) is 0 Å². The second kappa shape index (κ2) is 4.27. The van der Waals surface area contributed by atoms with Crippen molar-refractivity contribution in [3.8, 4) is 11.4 Å². The Balaban J connectivity index is 2.27. The van der Waals surface area contributed by atoms with E-state index in [1.807, 2.05) is 36.4 Å². The van der Waals surface area contributed by atoms with Gasteiger partial charge < -0.3 is 5.73 Å². The standard InChI is InChI=1S/C14H10ClN3/c15-10-6-7-11-12(8-10)17-14(18-13(11)16)9-4-2-1-3-5-9/h1-8H,(H2,16,17,18). The third-order valence-corrected chi connectivity index (χ3v) is 2.96. The molecule has 0 aliphatic heterocycles. The fourth-order valence-electron chi connectivity index (χ4n) is 1.84. The Morgan fingerprint density at radius 2 is 1.72 bits per heavy atom. The van der Waals surface area contributed by atoms with Gasteiger partial charge in [0.15, 0.2) is 5.82 Å². The van der Waals surface area contributed by atoms with Gasteiger partial charge in [0.05, 0.1) is 5.52 Å². The molecule has 0 spiro atoms. The van der Waals surface area contributed by atoms with E-state index in [0.29, 0.717) is 16.7 Å². The quantitative estimate of drug-likeness (QED) is 0.724. The number of aromatic nitrogens is 2. The minimum atomic E-state index is 0.468. The molecule has 2 N–H and O–H groups in total. The van der Waals surface area contributed by atoms with Crippen molar-refractivity contribution in [3.05, 3.63) is 53.6 Å². The first-order valence-corrected chi connectivity index (χ1v) is 5.90. The number of fused-ring (bicyclic) bond motifs is 1. The second-order valence-electron chi connectivity index (χ2n) is 3.96. The molecule has 2 aromatic carbocycles. The topological polar surface area (TPSA) is 51.8 Å². The molecule has 3 nitrogen and oxygen atoms in total. The van der Waals surface area contributed by atoms with Gasteiger partial charge in [-0.25, -0.2) is 9.97 Å². The minimum absolute atomic E-state index is 0.468. The maximum atomic E-state index is 5.97. The van der Waals surface area contributed by atoms with E-state index in [1.165, 1.54) is 0 Å². The highest BCUT2D eigenvalue weighted by molar-refractivity contribution is 6.31. The van der Waals surface area contributed by atoms with Crippen molar-refractivity contribution in [1.82, 2.24) is 9.97 Å². The lowest BCUT2D eigenvalue weighted by Crippen LogP contribution is -1.97. The van der Waals surface area contributed by atoms with Crippen LogP contribution in [-0.2, 0) is 0 Å². The Hall–Kier alpha value is -2.13. The number of benzene rings is 2. The molecule has 0 saturated heterocycles. The van der Waals surface area contributed by atoms with Gasteiger partial charge in [0.2, 0.25) is 0 Å². The lowest BCUT2D eigenvalue weighted by Gasteiger charge is -2.05. The van der Waals surface area contributed by atoms with Crippen LogP contribution in [0.4, 0.5) is 5.82 Å². The summed E-state index contributed by atoms with van der Waals surface area (Å²) in [5.41, 5.74) is 7.64. The minimum Gasteiger partial charge on any atom is -0.383 e. The molecule has 0 aliphatic carbocycles. The average molecular weight is 256 g/mol. The molecule has 0 atom stereocenters. The van der Waals surface area contributed by atoms with Gasteiger partial charge in [-0.1, -0.05) is 41.9 Å². The van der Waals surface area contributed by atoms with Gasteiger partial charge in [0.1, 0.15) is 5.82 Å². The number of rotatable bonds is 1. The number of nitrogens with two attached hydrogens (primary N) is 1. The van der Waals surface area contributed by atoms with Crippen LogP contribution in [0.25, 0.3) is 22.3 Å². The van der Waals surface area contributed by atoms with Crippen LogP contribution in [0.1, 0.15) is 0 Å². The lowest BCUT2D eigenvalue weighted by molar-refractivity contribution is 1.23. The molecule has 1 heterocycles. The SMILES string of the molecule is Nc1nc(-c2ccccc2)nc2cc(Cl)ccc12. The summed E-state index contributed by atoms with van der Waals surface area (Å²) >= 11 is 5.97. The van der Waals surface area contributed by atoms with Crippen LogP contribution < -0.4 is 5.73 Å². The largest absolute Gasteiger partial charge is 0.383 e. The molecule has 0 aliphatic rings. The Morgan fingerprint density at radius 3 is 2.50 bits per heavy atom. The molecule has 0 amide bonds. The van der Waals surface area contributed by atoms with Crippen LogP contribution in [0, 0.1) is 0 Å². The summed E-state index contributed by atoms with van der Waals surface area (Å²) in [6.07, 6.45) is 0. The molecular weight excluding hydrogens is 246 g/mol. The third kappa shape index (κ3) is 1.89. The summed E-state index contributed by atoms with van der Waals surface area (Å²) in [7, 11) is 0. The van der Waals surface area contributed by atoms with Gasteiger partial charge in [-0.3, -0.25) is 0 Å². The van der Waals surface area contributed by atoms with Crippen molar-refractivity contribution in [2.45, 2.75) is 0 Å². The summed E-state index contributed by atoms with van der Waals surface area (Å²) in [6.45, 7) is 0. The highest BCUT2D eigenvalue weighted by atomic mass is 35.5. The Kier molecular flexibility index (Phi) is 2.61. The maximum Gasteiger partial charge on any atom is 0.162 e. The summed E-state index contributed by atoms with van der Waals surface area (Å²) in [5, 5.41) is 1.46. The van der Waals surface area contributed by atoms with E-state index in [4.69, 9.17) is 17.3 Å². The Labute approximate surface area is 109 Å². The monoisotopic (exact) mass is 255 g/mol. The Bertz CT molecular complexity index is 711. The zero-order valence-electron chi connectivity index (χ0n) is 9.47. The van der Waals surface area contributed by atoms with E-state index in [-0.39, 0.29) is 0 Å². The highest BCUT2D eigenvalue weighted by Crippen LogP contribution is 2.25. The lowest BCUT2D eigenvalue weighted by atomic mass is 10.2. The number of anilines is 1. The number of hydrogen-bond acceptors (Lipinski definition) is 3. The van der Waals surface area contributed by atoms with Crippen LogP contribution in [0.5, 0.6) is 0 Å². The van der Waals surface area contributed by atoms with Gasteiger partial charge >= 0.3 is 0 Å². The summed E-state index contributed by atoms with van der Waals surface area (Å²) in [4.78, 5) is 8.82. The number of nitrogens with zero attached hydrogens (tertiary/aromatic N) is 2. The molecule has 0 bridgehead atoms. The fourth-order valence-corrected chi connectivity index (χ4v) is 2.01. The highest BCUT2D eigenvalue weighted by Gasteiger charge is 2.07. The number of hydrogen-bond donors (Lipinski definition) is 1. The van der Waals surface area contributed by atoms with E-state index in [2.05, 4.69) is 9.97 Å². The molecule has 0 radical (unpaired) electrons. The molecule has 0 unspecified atom stereocenters. The van der Waals surface area contributed by atoms with Gasteiger partial charge in [0, 0.05) is 16.0 Å². The van der Waals surface area contributed by atoms with Crippen molar-refractivity contribution in [3.63, 3.8) is 0 Å². The van der Waals surface area contributed by atoms with Gasteiger partial charge in [0.25, 0.3) is 0 Å². The summed E-state index contributed by atoms with van der Waals surface area (Å²) in [5.74, 6) is 1.08. The number of halogens is 1. The van der Waals surface area contributed by atoms with Gasteiger partial charge in [-0.2, -0.15) is 0 Å². The van der Waals surface area contributed by atoms with Crippen molar-refractivity contribution in [2.24, 2.45) is 0 Å². The van der Waals surface area contributed by atoms with Crippen LogP contribution in [0.15, 0.2) is 48.5 Å². The molecule has 18 heavy (non-hydrogen) atoms. The first-order chi connectivity index (χ1) is 8.74. The molecule has 1 aromatic heterocycles. The van der Waals surface area contributed by atoms with Crippen molar-refractivity contribution >= 4 is 28.3 Å². The average Bonchev–Trinajstić information content (AvgIpc) is 2.39. The predicted molar refractivity (Wildman–Crippen MR) is 74.4 cm³/mol. The first-order valence-electron chi connectivity index (χ1n) is 5.52. The van der Waals surface area contributed by atoms with Crippen molar-refractivity contribution in [1.29, 1.82) is 0 Å². The van der Waals surface area contributed by atoms with E-state index in [9.17, 15) is 0 Å². The molecule has 3 rings (SSSR count). The molecule has 0 fully saturated rings. The fraction of sp³-hybridized carbons (Fsp3) is 0. The van der Waals surface area contributed by atoms with Crippen molar-refractivity contribution < 1.29 is 0 Å². The summed E-state index contributed by atoms with van der Waals surface area (Å²) in [6, 6.07) is 15.1. The molecule has 88 valence electrons. The number of nitrogen functional groups attached to an aromatic ring is 1. The van der Waals surface area contributed by atoms with Crippen LogP contribution in [-0.4, -0.2) is 9.97 Å². The zero-order valence-corrected chi connectivity index (χ0v) is 10.2. The molecular formula is C14H10ClN3. The molecule has 0 saturated carbocycles. The van der Waals surface area contributed by atoms with E-state index < -0.39 is 0 Å². The molecule has 4 heteroatoms. The predicted octanol–water partition coefficient (Wildman–Crippen LogP) is 3.53. The zero-order chi connectivity index (χ0) is 12.5. The third-order valence-electron chi connectivity index (χ3n) is 2.72. The van der Waals surface area contributed by atoms with Gasteiger partial charge in [-0.05, 0) is 18.2 Å². The van der Waals surface area contributed by atoms with E-state index >= 15 is 0 Å². The van der Waals surface area contributed by atoms with Crippen molar-refractivity contribution in [2.75, 3.05) is 5.73 Å². The smallest absolute Gasteiger partial charge is 0.162 e. The van der Waals surface area contributed by atoms with Crippen LogP contribution in [0.2, 0.25) is 5.02 Å². The van der Waals surface area contributed by atoms with E-state index in [0.717, 1.165) is 16.5 Å². The summed E-state index contributed by atoms with van der Waals surface area (Å²) < 4.78 is 0. The second-order valence-corrected chi connectivity index (χ2v) is 4.40. The maximum absolute atomic E-state index is 5.97.